The Labute approximate surface area is 207 Å². The van der Waals surface area contributed by atoms with Gasteiger partial charge in [-0.3, -0.25) is 4.57 Å². The number of nitrogen functional groups attached to an aromatic ring is 1. The molecule has 5 rings (SSSR count). The normalized spacial score (nSPS) is 15.5. The Balaban J connectivity index is 0.00000144. The van der Waals surface area contributed by atoms with Crippen molar-refractivity contribution in [1.82, 2.24) is 19.7 Å². The minimum Gasteiger partial charge on any atom is -0.397 e. The van der Waals surface area contributed by atoms with Gasteiger partial charge < -0.3 is 10.5 Å². The number of ether oxygens (including phenoxy) is 1. The summed E-state index contributed by atoms with van der Waals surface area (Å²) in [5, 5.41) is 11.0. The van der Waals surface area contributed by atoms with E-state index in [1.165, 1.54) is 11.1 Å². The molecule has 0 amide bonds. The highest BCUT2D eigenvalue weighted by Gasteiger charge is 2.24. The van der Waals surface area contributed by atoms with E-state index >= 15 is 0 Å². The second-order valence-corrected chi connectivity index (χ2v) is 9.47. The van der Waals surface area contributed by atoms with E-state index in [9.17, 15) is 0 Å². The zero-order valence-corrected chi connectivity index (χ0v) is 20.8. The number of pyridine rings is 1. The molecule has 1 unspecified atom stereocenters. The molecule has 2 N–H and O–H groups in total. The predicted octanol–water partition coefficient (Wildman–Crippen LogP) is 5.76. The number of benzene rings is 1. The van der Waals surface area contributed by atoms with Crippen molar-refractivity contribution in [3.8, 4) is 10.7 Å². The second kappa shape index (κ2) is 10.9. The van der Waals surface area contributed by atoms with Crippen LogP contribution in [0.1, 0.15) is 24.0 Å². The summed E-state index contributed by atoms with van der Waals surface area (Å²) in [6.07, 6.45) is 4.14. The standard InChI is InChI=1S/C22H23N5OS2.2ClH/c1-14-5-2-6-15(11-14)13-29-22-26-25-20(27(22)12-16-7-4-10-28-16)19-18(23)17-8-3-9-24-21(17)30-19;;/h2-3,5-6,8-9,11,16H,4,7,10,12-13,23H2,1H3;2*1H. The summed E-state index contributed by atoms with van der Waals surface area (Å²) in [4.78, 5) is 6.31. The molecule has 32 heavy (non-hydrogen) atoms. The predicted molar refractivity (Wildman–Crippen MR) is 137 cm³/mol. The summed E-state index contributed by atoms with van der Waals surface area (Å²) < 4.78 is 8.09. The van der Waals surface area contributed by atoms with Crippen molar-refractivity contribution in [3.05, 3.63) is 53.7 Å². The summed E-state index contributed by atoms with van der Waals surface area (Å²) in [7, 11) is 0. The van der Waals surface area contributed by atoms with E-state index < -0.39 is 0 Å². The molecule has 1 atom stereocenters. The number of fused-ring (bicyclic) bond motifs is 1. The lowest BCUT2D eigenvalue weighted by Gasteiger charge is -2.14. The Hall–Kier alpha value is -1.84. The van der Waals surface area contributed by atoms with Gasteiger partial charge >= 0.3 is 0 Å². The Bertz CT molecular complexity index is 1190. The van der Waals surface area contributed by atoms with Crippen LogP contribution in [0.4, 0.5) is 5.69 Å². The fourth-order valence-electron chi connectivity index (χ4n) is 3.79. The number of nitrogens with zero attached hydrogens (tertiary/aromatic N) is 4. The highest BCUT2D eigenvalue weighted by atomic mass is 35.5. The number of hydrogen-bond donors (Lipinski definition) is 1. The van der Waals surface area contributed by atoms with Gasteiger partial charge in [0.1, 0.15) is 4.83 Å². The number of halogens is 2. The molecule has 1 fully saturated rings. The van der Waals surface area contributed by atoms with E-state index in [-0.39, 0.29) is 30.9 Å². The quantitative estimate of drug-likeness (QED) is 0.332. The van der Waals surface area contributed by atoms with Crippen molar-refractivity contribution in [1.29, 1.82) is 0 Å². The van der Waals surface area contributed by atoms with Crippen LogP contribution < -0.4 is 5.73 Å². The summed E-state index contributed by atoms with van der Waals surface area (Å²) >= 11 is 3.27. The number of hydrogen-bond acceptors (Lipinski definition) is 7. The van der Waals surface area contributed by atoms with Crippen LogP contribution in [0.15, 0.2) is 47.8 Å². The summed E-state index contributed by atoms with van der Waals surface area (Å²) in [5.74, 6) is 1.65. The Morgan fingerprint density at radius 3 is 2.84 bits per heavy atom. The van der Waals surface area contributed by atoms with Crippen molar-refractivity contribution in [2.24, 2.45) is 0 Å². The number of rotatable bonds is 6. The molecule has 170 valence electrons. The lowest BCUT2D eigenvalue weighted by atomic mass is 10.2. The second-order valence-electron chi connectivity index (χ2n) is 7.53. The molecule has 0 saturated carbocycles. The van der Waals surface area contributed by atoms with E-state index in [2.05, 4.69) is 50.9 Å². The lowest BCUT2D eigenvalue weighted by Crippen LogP contribution is -2.16. The molecule has 0 radical (unpaired) electrons. The number of anilines is 1. The van der Waals surface area contributed by atoms with E-state index in [0.717, 1.165) is 63.5 Å². The zero-order valence-electron chi connectivity index (χ0n) is 17.6. The van der Waals surface area contributed by atoms with Gasteiger partial charge in [0.2, 0.25) is 0 Å². The van der Waals surface area contributed by atoms with Crippen LogP contribution in [0.2, 0.25) is 0 Å². The maximum Gasteiger partial charge on any atom is 0.191 e. The van der Waals surface area contributed by atoms with Crippen LogP contribution in [0.3, 0.4) is 0 Å². The molecule has 0 bridgehead atoms. The number of nitrogens with two attached hydrogens (primary N) is 1. The third kappa shape index (κ3) is 5.05. The molecule has 4 heterocycles. The van der Waals surface area contributed by atoms with E-state index in [1.54, 1.807) is 29.3 Å². The van der Waals surface area contributed by atoms with Gasteiger partial charge in [0, 0.05) is 23.9 Å². The molecule has 1 aliphatic heterocycles. The van der Waals surface area contributed by atoms with Crippen LogP contribution in [0.5, 0.6) is 0 Å². The molecule has 0 aliphatic carbocycles. The minimum atomic E-state index is 0. The molecule has 1 aromatic carbocycles. The summed E-state index contributed by atoms with van der Waals surface area (Å²) in [6, 6.07) is 12.5. The summed E-state index contributed by atoms with van der Waals surface area (Å²) in [5.41, 5.74) is 9.75. The van der Waals surface area contributed by atoms with Crippen molar-refractivity contribution in [3.63, 3.8) is 0 Å². The van der Waals surface area contributed by atoms with Gasteiger partial charge in [0.05, 0.1) is 23.2 Å². The van der Waals surface area contributed by atoms with Gasteiger partial charge in [-0.25, -0.2) is 4.98 Å². The van der Waals surface area contributed by atoms with Crippen LogP contribution in [0.25, 0.3) is 20.9 Å². The van der Waals surface area contributed by atoms with E-state index in [1.807, 2.05) is 12.1 Å². The Kier molecular flexibility index (Phi) is 8.41. The van der Waals surface area contributed by atoms with Crippen LogP contribution in [0, 0.1) is 6.92 Å². The molecular formula is C22H25Cl2N5OS2. The average Bonchev–Trinajstić information content (AvgIpc) is 3.47. The third-order valence-corrected chi connectivity index (χ3v) is 7.45. The lowest BCUT2D eigenvalue weighted by molar-refractivity contribution is 0.0953. The van der Waals surface area contributed by atoms with Gasteiger partial charge in [0.25, 0.3) is 0 Å². The SMILES string of the molecule is Cc1cccc(CSc2nnc(-c3sc4ncccc4c3N)n2CC2CCCO2)c1.Cl.Cl. The first-order valence-corrected chi connectivity index (χ1v) is 11.9. The fraction of sp³-hybridized carbons (Fsp3) is 0.318. The van der Waals surface area contributed by atoms with Crippen molar-refractivity contribution in [2.45, 2.75) is 43.3 Å². The average molecular weight is 511 g/mol. The molecule has 1 aliphatic rings. The van der Waals surface area contributed by atoms with E-state index in [4.69, 9.17) is 10.5 Å². The molecule has 1 saturated heterocycles. The molecular weight excluding hydrogens is 485 g/mol. The first-order valence-electron chi connectivity index (χ1n) is 10.1. The molecule has 4 aromatic rings. The molecule has 10 heteroatoms. The minimum absolute atomic E-state index is 0. The Morgan fingerprint density at radius 2 is 2.09 bits per heavy atom. The number of thiophene rings is 1. The topological polar surface area (TPSA) is 78.9 Å². The highest BCUT2D eigenvalue weighted by molar-refractivity contribution is 7.98. The van der Waals surface area contributed by atoms with Crippen LogP contribution >= 0.6 is 47.9 Å². The zero-order chi connectivity index (χ0) is 20.5. The first-order chi connectivity index (χ1) is 14.7. The van der Waals surface area contributed by atoms with Gasteiger partial charge in [-0.1, -0.05) is 41.6 Å². The largest absolute Gasteiger partial charge is 0.397 e. The number of aryl methyl sites for hydroxylation is 1. The maximum atomic E-state index is 6.49. The van der Waals surface area contributed by atoms with Crippen molar-refractivity contribution < 1.29 is 4.74 Å². The first kappa shape index (κ1) is 24.8. The fourth-order valence-corrected chi connectivity index (χ4v) is 5.73. The van der Waals surface area contributed by atoms with Crippen molar-refractivity contribution in [2.75, 3.05) is 12.3 Å². The van der Waals surface area contributed by atoms with E-state index in [0.29, 0.717) is 0 Å². The van der Waals surface area contributed by atoms with Crippen molar-refractivity contribution >= 4 is 63.8 Å². The smallest absolute Gasteiger partial charge is 0.191 e. The monoisotopic (exact) mass is 509 g/mol. The third-order valence-electron chi connectivity index (χ3n) is 5.29. The Morgan fingerprint density at radius 1 is 1.22 bits per heavy atom. The summed E-state index contributed by atoms with van der Waals surface area (Å²) in [6.45, 7) is 3.67. The van der Waals surface area contributed by atoms with Crippen LogP contribution in [-0.2, 0) is 17.0 Å². The molecule has 6 nitrogen and oxygen atoms in total. The number of aromatic nitrogens is 4. The van der Waals surface area contributed by atoms with Gasteiger partial charge in [-0.05, 0) is 37.5 Å². The highest BCUT2D eigenvalue weighted by Crippen LogP contribution is 2.40. The molecule has 3 aromatic heterocycles. The number of thioether (sulfide) groups is 1. The molecule has 0 spiro atoms. The maximum absolute atomic E-state index is 6.49. The van der Waals surface area contributed by atoms with Gasteiger partial charge in [0.15, 0.2) is 11.0 Å². The van der Waals surface area contributed by atoms with Crippen LogP contribution in [-0.4, -0.2) is 32.5 Å². The van der Waals surface area contributed by atoms with Gasteiger partial charge in [-0.2, -0.15) is 0 Å². The van der Waals surface area contributed by atoms with Gasteiger partial charge in [-0.15, -0.1) is 46.3 Å².